The average molecular weight is 315 g/mol. The van der Waals surface area contributed by atoms with Crippen molar-refractivity contribution < 1.29 is 14.3 Å². The number of hydrogen-bond acceptors (Lipinski definition) is 3. The molecule has 1 aliphatic rings. The minimum absolute atomic E-state index is 0.248. The fourth-order valence-corrected chi connectivity index (χ4v) is 2.68. The van der Waals surface area contributed by atoms with Crippen molar-refractivity contribution in [2.45, 2.75) is 52.1 Å². The van der Waals surface area contributed by atoms with Crippen LogP contribution >= 0.6 is 0 Å². The molecule has 0 aliphatic heterocycles. The first-order valence-electron chi connectivity index (χ1n) is 8.29. The van der Waals surface area contributed by atoms with Crippen LogP contribution in [0.2, 0.25) is 0 Å². The Labute approximate surface area is 137 Å². The van der Waals surface area contributed by atoms with Gasteiger partial charge in [0.15, 0.2) is 6.10 Å². The number of allylic oxidation sites excluding steroid dienone is 1. The third-order valence-corrected chi connectivity index (χ3v) is 4.04. The molecule has 0 bridgehead atoms. The molecule has 1 N–H and O–H groups in total. The van der Waals surface area contributed by atoms with E-state index in [0.717, 1.165) is 24.8 Å². The average Bonchev–Trinajstić information content (AvgIpc) is 2.55. The van der Waals surface area contributed by atoms with Gasteiger partial charge in [0.1, 0.15) is 0 Å². The number of nitrogens with one attached hydrogen (secondary N) is 1. The predicted octanol–water partition coefficient (Wildman–Crippen LogP) is 3.55. The van der Waals surface area contributed by atoms with E-state index in [1.54, 1.807) is 25.1 Å². The third kappa shape index (κ3) is 5.55. The van der Waals surface area contributed by atoms with Crippen LogP contribution in [0.15, 0.2) is 35.9 Å². The summed E-state index contributed by atoms with van der Waals surface area (Å²) >= 11 is 0. The van der Waals surface area contributed by atoms with Crippen molar-refractivity contribution in [3.05, 3.63) is 47.0 Å². The van der Waals surface area contributed by atoms with Crippen LogP contribution in [0.4, 0.5) is 0 Å². The first-order chi connectivity index (χ1) is 11.1. The first-order valence-corrected chi connectivity index (χ1v) is 8.29. The summed E-state index contributed by atoms with van der Waals surface area (Å²) < 4.78 is 5.23. The molecule has 0 heterocycles. The summed E-state index contributed by atoms with van der Waals surface area (Å²) in [5.74, 6) is -0.714. The Morgan fingerprint density at radius 3 is 2.83 bits per heavy atom. The molecule has 0 radical (unpaired) electrons. The lowest BCUT2D eigenvalue weighted by Crippen LogP contribution is -2.36. The van der Waals surface area contributed by atoms with Crippen molar-refractivity contribution in [3.63, 3.8) is 0 Å². The van der Waals surface area contributed by atoms with Gasteiger partial charge in [-0.3, -0.25) is 4.79 Å². The molecule has 0 spiro atoms. The van der Waals surface area contributed by atoms with E-state index in [4.69, 9.17) is 4.74 Å². The number of esters is 1. The van der Waals surface area contributed by atoms with Crippen LogP contribution in [0.1, 0.15) is 54.9 Å². The monoisotopic (exact) mass is 315 g/mol. The van der Waals surface area contributed by atoms with Crippen LogP contribution in [-0.2, 0) is 9.53 Å². The highest BCUT2D eigenvalue weighted by atomic mass is 16.5. The molecule has 1 aromatic rings. The lowest BCUT2D eigenvalue weighted by Gasteiger charge is -2.15. The molecule has 0 aromatic heterocycles. The molecule has 1 atom stereocenters. The van der Waals surface area contributed by atoms with Gasteiger partial charge in [0.25, 0.3) is 5.91 Å². The molecule has 0 saturated heterocycles. The van der Waals surface area contributed by atoms with Gasteiger partial charge in [-0.25, -0.2) is 4.79 Å². The summed E-state index contributed by atoms with van der Waals surface area (Å²) in [5.41, 5.74) is 2.87. The second kappa shape index (κ2) is 8.51. The summed E-state index contributed by atoms with van der Waals surface area (Å²) in [6.07, 6.45) is 7.15. The van der Waals surface area contributed by atoms with Gasteiger partial charge in [0.05, 0.1) is 5.56 Å². The first kappa shape index (κ1) is 17.3. The molecule has 2 rings (SSSR count). The van der Waals surface area contributed by atoms with Crippen molar-refractivity contribution in [3.8, 4) is 0 Å². The summed E-state index contributed by atoms with van der Waals surface area (Å²) in [6.45, 7) is 4.10. The highest BCUT2D eigenvalue weighted by molar-refractivity contribution is 5.92. The number of carbonyl (C=O) groups excluding carboxylic acids is 2. The zero-order valence-corrected chi connectivity index (χ0v) is 13.9. The van der Waals surface area contributed by atoms with Gasteiger partial charge in [-0.05, 0) is 58.1 Å². The summed E-state index contributed by atoms with van der Waals surface area (Å²) in [7, 11) is 0. The summed E-state index contributed by atoms with van der Waals surface area (Å²) in [6, 6.07) is 7.15. The van der Waals surface area contributed by atoms with Gasteiger partial charge in [0, 0.05) is 6.54 Å². The molecule has 1 amide bonds. The Morgan fingerprint density at radius 1 is 1.30 bits per heavy atom. The summed E-state index contributed by atoms with van der Waals surface area (Å²) in [5, 5.41) is 2.84. The molecular formula is C19H25NO3. The molecule has 4 heteroatoms. The lowest BCUT2D eigenvalue weighted by atomic mass is 9.97. The van der Waals surface area contributed by atoms with Crippen molar-refractivity contribution in [1.82, 2.24) is 5.32 Å². The number of aryl methyl sites for hydroxylation is 1. The van der Waals surface area contributed by atoms with Crippen LogP contribution in [0.25, 0.3) is 0 Å². The molecule has 0 unspecified atom stereocenters. The van der Waals surface area contributed by atoms with E-state index in [1.807, 2.05) is 13.0 Å². The molecule has 124 valence electrons. The van der Waals surface area contributed by atoms with Gasteiger partial charge in [-0.15, -0.1) is 0 Å². The topological polar surface area (TPSA) is 55.4 Å². The Morgan fingerprint density at radius 2 is 2.13 bits per heavy atom. The van der Waals surface area contributed by atoms with E-state index < -0.39 is 12.1 Å². The number of carbonyl (C=O) groups is 2. The molecule has 0 fully saturated rings. The van der Waals surface area contributed by atoms with Crippen LogP contribution in [0.5, 0.6) is 0 Å². The fraction of sp³-hybridized carbons (Fsp3) is 0.474. The Kier molecular flexibility index (Phi) is 6.39. The predicted molar refractivity (Wildman–Crippen MR) is 90.2 cm³/mol. The number of rotatable bonds is 6. The number of hydrogen-bond donors (Lipinski definition) is 1. The molecule has 23 heavy (non-hydrogen) atoms. The van der Waals surface area contributed by atoms with Crippen molar-refractivity contribution in [2.24, 2.45) is 0 Å². The standard InChI is InChI=1S/C19H25NO3/c1-14-7-6-10-17(13-14)19(22)23-15(2)18(21)20-12-11-16-8-4-3-5-9-16/h6-8,10,13,15H,3-5,9,11-12H2,1-2H3,(H,20,21)/t15-/m0/s1. The second-order valence-electron chi connectivity index (χ2n) is 6.07. The van der Waals surface area contributed by atoms with Gasteiger partial charge in [-0.1, -0.05) is 29.3 Å². The van der Waals surface area contributed by atoms with Crippen LogP contribution in [0.3, 0.4) is 0 Å². The maximum absolute atomic E-state index is 12.0. The Bertz CT molecular complexity index is 592. The quantitative estimate of drug-likeness (QED) is 0.645. The summed E-state index contributed by atoms with van der Waals surface area (Å²) in [4.78, 5) is 24.0. The van der Waals surface area contributed by atoms with Crippen LogP contribution < -0.4 is 5.32 Å². The number of ether oxygens (including phenoxy) is 1. The Balaban J connectivity index is 1.76. The number of amides is 1. The van der Waals surface area contributed by atoms with E-state index in [0.29, 0.717) is 12.1 Å². The molecule has 1 aromatic carbocycles. The highest BCUT2D eigenvalue weighted by Crippen LogP contribution is 2.19. The number of benzene rings is 1. The van der Waals surface area contributed by atoms with Crippen LogP contribution in [-0.4, -0.2) is 24.5 Å². The molecule has 1 aliphatic carbocycles. The SMILES string of the molecule is Cc1cccc(C(=O)O[C@@H](C)C(=O)NCCC2=CCCCC2)c1. The van der Waals surface area contributed by atoms with Crippen molar-refractivity contribution in [1.29, 1.82) is 0 Å². The highest BCUT2D eigenvalue weighted by Gasteiger charge is 2.18. The maximum Gasteiger partial charge on any atom is 0.338 e. The van der Waals surface area contributed by atoms with Crippen molar-refractivity contribution in [2.75, 3.05) is 6.54 Å². The lowest BCUT2D eigenvalue weighted by molar-refractivity contribution is -0.129. The van der Waals surface area contributed by atoms with Gasteiger partial charge in [0.2, 0.25) is 0 Å². The van der Waals surface area contributed by atoms with E-state index in [1.165, 1.54) is 18.4 Å². The maximum atomic E-state index is 12.0. The third-order valence-electron chi connectivity index (χ3n) is 4.04. The molecular weight excluding hydrogens is 290 g/mol. The zero-order valence-electron chi connectivity index (χ0n) is 13.9. The molecule has 0 saturated carbocycles. The van der Waals surface area contributed by atoms with E-state index in [-0.39, 0.29) is 5.91 Å². The minimum Gasteiger partial charge on any atom is -0.449 e. The van der Waals surface area contributed by atoms with E-state index in [9.17, 15) is 9.59 Å². The van der Waals surface area contributed by atoms with E-state index in [2.05, 4.69) is 11.4 Å². The van der Waals surface area contributed by atoms with Gasteiger partial charge in [-0.2, -0.15) is 0 Å². The Hall–Kier alpha value is -2.10. The van der Waals surface area contributed by atoms with Crippen molar-refractivity contribution >= 4 is 11.9 Å². The van der Waals surface area contributed by atoms with E-state index >= 15 is 0 Å². The molecule has 4 nitrogen and oxygen atoms in total. The fourth-order valence-electron chi connectivity index (χ4n) is 2.68. The normalized spacial score (nSPS) is 15.5. The minimum atomic E-state index is -0.789. The van der Waals surface area contributed by atoms with Crippen LogP contribution in [0, 0.1) is 6.92 Å². The van der Waals surface area contributed by atoms with Gasteiger partial charge < -0.3 is 10.1 Å². The van der Waals surface area contributed by atoms with Gasteiger partial charge >= 0.3 is 5.97 Å². The zero-order chi connectivity index (χ0) is 16.7. The smallest absolute Gasteiger partial charge is 0.338 e. The second-order valence-corrected chi connectivity index (χ2v) is 6.07. The largest absolute Gasteiger partial charge is 0.449 e.